The summed E-state index contributed by atoms with van der Waals surface area (Å²) < 4.78 is 0. The summed E-state index contributed by atoms with van der Waals surface area (Å²) in [5.74, 6) is 0.0673. The lowest BCUT2D eigenvalue weighted by atomic mass is 10.2. The maximum Gasteiger partial charge on any atom is 0.224 e. The number of carbonyl (C=O) groups excluding carboxylic acids is 1. The molecule has 1 rings (SSSR count). The lowest BCUT2D eigenvalue weighted by Crippen LogP contribution is -2.28. The van der Waals surface area contributed by atoms with Gasteiger partial charge in [0.15, 0.2) is 0 Å². The van der Waals surface area contributed by atoms with Crippen LogP contribution in [0.3, 0.4) is 0 Å². The number of benzene rings is 1. The third kappa shape index (κ3) is 5.85. The van der Waals surface area contributed by atoms with E-state index in [9.17, 15) is 4.79 Å². The van der Waals surface area contributed by atoms with Crippen LogP contribution in [0.1, 0.15) is 32.3 Å². The second kappa shape index (κ2) is 7.92. The van der Waals surface area contributed by atoms with Gasteiger partial charge in [-0.25, -0.2) is 0 Å². The van der Waals surface area contributed by atoms with Gasteiger partial charge in [0.2, 0.25) is 5.91 Å². The van der Waals surface area contributed by atoms with Crippen LogP contribution in [0.5, 0.6) is 0 Å². The molecular weight excluding hydrogens is 238 g/mol. The van der Waals surface area contributed by atoms with Crippen molar-refractivity contribution in [1.29, 1.82) is 0 Å². The molecule has 19 heavy (non-hydrogen) atoms. The van der Waals surface area contributed by atoms with Gasteiger partial charge in [-0.15, -0.1) is 0 Å². The van der Waals surface area contributed by atoms with Gasteiger partial charge in [-0.2, -0.15) is 0 Å². The lowest BCUT2D eigenvalue weighted by Gasteiger charge is -2.20. The Morgan fingerprint density at radius 2 is 1.95 bits per heavy atom. The zero-order valence-corrected chi connectivity index (χ0v) is 12.1. The molecule has 3 N–H and O–H groups in total. The Morgan fingerprint density at radius 3 is 2.47 bits per heavy atom. The van der Waals surface area contributed by atoms with Crippen molar-refractivity contribution < 1.29 is 4.79 Å². The molecule has 4 heteroatoms. The fourth-order valence-electron chi connectivity index (χ4n) is 1.69. The van der Waals surface area contributed by atoms with Crippen LogP contribution in [0.2, 0.25) is 0 Å². The molecular formula is C15H25N3O. The van der Waals surface area contributed by atoms with Crippen molar-refractivity contribution in [2.45, 2.75) is 39.3 Å². The molecule has 0 aliphatic carbocycles. The molecule has 0 saturated heterocycles. The summed E-state index contributed by atoms with van der Waals surface area (Å²) in [7, 11) is 2.08. The van der Waals surface area contributed by atoms with Gasteiger partial charge in [-0.05, 0) is 51.6 Å². The fraction of sp³-hybridized carbons (Fsp3) is 0.533. The quantitative estimate of drug-likeness (QED) is 0.793. The van der Waals surface area contributed by atoms with Crippen molar-refractivity contribution in [3.63, 3.8) is 0 Å². The first-order valence-electron chi connectivity index (χ1n) is 6.82. The molecule has 0 aliphatic heterocycles. The van der Waals surface area contributed by atoms with E-state index in [0.717, 1.165) is 24.2 Å². The van der Waals surface area contributed by atoms with Crippen molar-refractivity contribution in [3.05, 3.63) is 29.8 Å². The number of nitrogens with zero attached hydrogens (tertiary/aromatic N) is 1. The van der Waals surface area contributed by atoms with E-state index in [2.05, 4.69) is 31.1 Å². The molecule has 0 heterocycles. The van der Waals surface area contributed by atoms with Crippen molar-refractivity contribution in [2.75, 3.05) is 18.9 Å². The Hall–Kier alpha value is -1.39. The standard InChI is InChI=1S/C15H25N3O/c1-12(2)18(3)10-4-5-15(19)17-14-8-6-13(11-16)7-9-14/h6-9,12H,4-5,10-11,16H2,1-3H3,(H,17,19). The van der Waals surface area contributed by atoms with Gasteiger partial charge in [0.25, 0.3) is 0 Å². The normalized spacial score (nSPS) is 11.1. The maximum absolute atomic E-state index is 11.8. The minimum Gasteiger partial charge on any atom is -0.326 e. The zero-order chi connectivity index (χ0) is 14.3. The first-order valence-corrected chi connectivity index (χ1v) is 6.82. The maximum atomic E-state index is 11.8. The van der Waals surface area contributed by atoms with Crippen molar-refractivity contribution in [1.82, 2.24) is 4.90 Å². The Morgan fingerprint density at radius 1 is 1.32 bits per heavy atom. The number of anilines is 1. The number of rotatable bonds is 7. The second-order valence-corrected chi connectivity index (χ2v) is 5.13. The van der Waals surface area contributed by atoms with E-state index >= 15 is 0 Å². The second-order valence-electron chi connectivity index (χ2n) is 5.13. The van der Waals surface area contributed by atoms with E-state index in [1.807, 2.05) is 24.3 Å². The predicted molar refractivity (Wildman–Crippen MR) is 80.0 cm³/mol. The van der Waals surface area contributed by atoms with Crippen molar-refractivity contribution in [3.8, 4) is 0 Å². The van der Waals surface area contributed by atoms with E-state index in [1.54, 1.807) is 0 Å². The number of hydrogen-bond acceptors (Lipinski definition) is 3. The monoisotopic (exact) mass is 263 g/mol. The van der Waals surface area contributed by atoms with Gasteiger partial charge < -0.3 is 16.0 Å². The number of nitrogens with two attached hydrogens (primary N) is 1. The Labute approximate surface area is 116 Å². The molecule has 0 radical (unpaired) electrons. The van der Waals surface area contributed by atoms with Gasteiger partial charge in [0.1, 0.15) is 0 Å². The van der Waals surface area contributed by atoms with Gasteiger partial charge in [-0.1, -0.05) is 12.1 Å². The van der Waals surface area contributed by atoms with Crippen LogP contribution in [-0.4, -0.2) is 30.4 Å². The van der Waals surface area contributed by atoms with E-state index in [1.165, 1.54) is 0 Å². The molecule has 0 aromatic heterocycles. The SMILES string of the molecule is CC(C)N(C)CCCC(=O)Nc1ccc(CN)cc1. The summed E-state index contributed by atoms with van der Waals surface area (Å²) in [6.07, 6.45) is 1.43. The Balaban J connectivity index is 2.30. The van der Waals surface area contributed by atoms with Gasteiger partial charge >= 0.3 is 0 Å². The molecule has 0 saturated carbocycles. The number of nitrogens with one attached hydrogen (secondary N) is 1. The van der Waals surface area contributed by atoms with Gasteiger partial charge in [0, 0.05) is 24.7 Å². The highest BCUT2D eigenvalue weighted by Gasteiger charge is 2.06. The number of carbonyl (C=O) groups is 1. The van der Waals surface area contributed by atoms with Crippen LogP contribution in [0.4, 0.5) is 5.69 Å². The molecule has 0 atom stereocenters. The Bertz CT molecular complexity index is 387. The van der Waals surface area contributed by atoms with E-state index < -0.39 is 0 Å². The zero-order valence-electron chi connectivity index (χ0n) is 12.1. The highest BCUT2D eigenvalue weighted by molar-refractivity contribution is 5.90. The van der Waals surface area contributed by atoms with Crippen LogP contribution >= 0.6 is 0 Å². The largest absolute Gasteiger partial charge is 0.326 e. The summed E-state index contributed by atoms with van der Waals surface area (Å²) in [5, 5.41) is 2.90. The topological polar surface area (TPSA) is 58.4 Å². The fourth-order valence-corrected chi connectivity index (χ4v) is 1.69. The minimum atomic E-state index is 0.0673. The molecule has 0 unspecified atom stereocenters. The lowest BCUT2D eigenvalue weighted by molar-refractivity contribution is -0.116. The highest BCUT2D eigenvalue weighted by atomic mass is 16.1. The molecule has 106 valence electrons. The first-order chi connectivity index (χ1) is 9.02. The summed E-state index contributed by atoms with van der Waals surface area (Å²) in [4.78, 5) is 14.0. The molecule has 1 aromatic carbocycles. The van der Waals surface area contributed by atoms with E-state index in [-0.39, 0.29) is 5.91 Å². The smallest absolute Gasteiger partial charge is 0.224 e. The third-order valence-corrected chi connectivity index (χ3v) is 3.27. The minimum absolute atomic E-state index is 0.0673. The number of amides is 1. The average molecular weight is 263 g/mol. The van der Waals surface area contributed by atoms with E-state index in [4.69, 9.17) is 5.73 Å². The van der Waals surface area contributed by atoms with Crippen LogP contribution in [-0.2, 0) is 11.3 Å². The van der Waals surface area contributed by atoms with Crippen LogP contribution in [0.15, 0.2) is 24.3 Å². The van der Waals surface area contributed by atoms with E-state index in [0.29, 0.717) is 19.0 Å². The molecule has 1 aromatic rings. The highest BCUT2D eigenvalue weighted by Crippen LogP contribution is 2.10. The summed E-state index contributed by atoms with van der Waals surface area (Å²) >= 11 is 0. The summed E-state index contributed by atoms with van der Waals surface area (Å²) in [6.45, 7) is 5.77. The van der Waals surface area contributed by atoms with Crippen molar-refractivity contribution >= 4 is 11.6 Å². The summed E-state index contributed by atoms with van der Waals surface area (Å²) in [5.41, 5.74) is 7.43. The molecule has 1 amide bonds. The van der Waals surface area contributed by atoms with Crippen LogP contribution in [0.25, 0.3) is 0 Å². The average Bonchev–Trinajstić information content (AvgIpc) is 2.39. The molecule has 4 nitrogen and oxygen atoms in total. The van der Waals surface area contributed by atoms with Gasteiger partial charge in [0.05, 0.1) is 0 Å². The molecule has 0 fully saturated rings. The van der Waals surface area contributed by atoms with Gasteiger partial charge in [-0.3, -0.25) is 4.79 Å². The third-order valence-electron chi connectivity index (χ3n) is 3.27. The van der Waals surface area contributed by atoms with Crippen LogP contribution in [0, 0.1) is 0 Å². The van der Waals surface area contributed by atoms with Crippen LogP contribution < -0.4 is 11.1 Å². The molecule has 0 bridgehead atoms. The predicted octanol–water partition coefficient (Wildman–Crippen LogP) is 2.20. The summed E-state index contributed by atoms with van der Waals surface area (Å²) in [6, 6.07) is 8.16. The first kappa shape index (κ1) is 15.7. The van der Waals surface area contributed by atoms with Crippen molar-refractivity contribution in [2.24, 2.45) is 5.73 Å². The molecule has 0 spiro atoms. The molecule has 0 aliphatic rings. The number of hydrogen-bond donors (Lipinski definition) is 2. The Kier molecular flexibility index (Phi) is 6.53.